The van der Waals surface area contributed by atoms with Gasteiger partial charge in [0.25, 0.3) is 5.91 Å². The van der Waals surface area contributed by atoms with Crippen LogP contribution in [-0.4, -0.2) is 15.7 Å². The van der Waals surface area contributed by atoms with Gasteiger partial charge >= 0.3 is 0 Å². The summed E-state index contributed by atoms with van der Waals surface area (Å²) in [7, 11) is 0. The largest absolute Gasteiger partial charge is 0.306 e. The summed E-state index contributed by atoms with van der Waals surface area (Å²) in [5.41, 5.74) is 3.88. The Kier molecular flexibility index (Phi) is 4.10. The van der Waals surface area contributed by atoms with Crippen LogP contribution in [0.3, 0.4) is 0 Å². The topological polar surface area (TPSA) is 46.9 Å². The summed E-state index contributed by atoms with van der Waals surface area (Å²) in [5, 5.41) is 7.82. The van der Waals surface area contributed by atoms with E-state index >= 15 is 0 Å². The van der Waals surface area contributed by atoms with Crippen molar-refractivity contribution in [3.63, 3.8) is 0 Å². The van der Waals surface area contributed by atoms with E-state index in [1.807, 2.05) is 59.3 Å². The number of para-hydroxylation sites is 1. The molecule has 5 heteroatoms. The predicted molar refractivity (Wildman–Crippen MR) is 103 cm³/mol. The number of hydrogen-bond donors (Lipinski definition) is 1. The van der Waals surface area contributed by atoms with Crippen LogP contribution in [0.25, 0.3) is 5.69 Å². The first kappa shape index (κ1) is 15.4. The number of nitrogens with zero attached hydrogens (tertiary/aromatic N) is 2. The normalized spacial score (nSPS) is 12.9. The van der Waals surface area contributed by atoms with Gasteiger partial charge in [0.1, 0.15) is 5.82 Å². The zero-order chi connectivity index (χ0) is 16.5. The molecule has 1 amide bonds. The molecule has 0 saturated heterocycles. The molecule has 4 rings (SSSR count). The van der Waals surface area contributed by atoms with Gasteiger partial charge in [0.15, 0.2) is 0 Å². The standard InChI is InChI=1S/C19H16IN3O/c20-14-7-4-6-13(12-14)19(24)21-18-16-10-5-11-17(16)22-23(18)15-8-2-1-3-9-15/h1-4,6-9,12H,5,10-11H2,(H,21,24). The molecule has 4 nitrogen and oxygen atoms in total. The molecular weight excluding hydrogens is 413 g/mol. The molecule has 0 fully saturated rings. The van der Waals surface area contributed by atoms with E-state index in [1.165, 1.54) is 0 Å². The van der Waals surface area contributed by atoms with Gasteiger partial charge in [-0.1, -0.05) is 24.3 Å². The van der Waals surface area contributed by atoms with Gasteiger partial charge in [-0.15, -0.1) is 0 Å². The molecule has 0 bridgehead atoms. The maximum Gasteiger partial charge on any atom is 0.256 e. The number of aryl methyl sites for hydroxylation is 1. The summed E-state index contributed by atoms with van der Waals surface area (Å²) in [4.78, 5) is 12.7. The van der Waals surface area contributed by atoms with Crippen LogP contribution >= 0.6 is 22.6 Å². The highest BCUT2D eigenvalue weighted by Gasteiger charge is 2.24. The highest BCUT2D eigenvalue weighted by atomic mass is 127. The van der Waals surface area contributed by atoms with Crippen molar-refractivity contribution in [3.05, 3.63) is 75.0 Å². The van der Waals surface area contributed by atoms with Crippen LogP contribution in [0.15, 0.2) is 54.6 Å². The molecule has 0 saturated carbocycles. The fourth-order valence-electron chi connectivity index (χ4n) is 3.09. The van der Waals surface area contributed by atoms with Gasteiger partial charge in [-0.2, -0.15) is 5.10 Å². The van der Waals surface area contributed by atoms with Crippen molar-refractivity contribution in [1.29, 1.82) is 0 Å². The van der Waals surface area contributed by atoms with Crippen LogP contribution in [0.4, 0.5) is 5.82 Å². The quantitative estimate of drug-likeness (QED) is 0.634. The number of carbonyl (C=O) groups excluding carboxylic acids is 1. The number of hydrogen-bond acceptors (Lipinski definition) is 2. The first-order valence-electron chi connectivity index (χ1n) is 7.95. The number of amides is 1. The number of anilines is 1. The lowest BCUT2D eigenvalue weighted by atomic mass is 10.2. The molecule has 1 N–H and O–H groups in total. The number of halogens is 1. The molecule has 2 aromatic carbocycles. The van der Waals surface area contributed by atoms with Gasteiger partial charge in [-0.05, 0) is 72.2 Å². The Balaban J connectivity index is 1.73. The number of nitrogens with one attached hydrogen (secondary N) is 1. The number of rotatable bonds is 3. The van der Waals surface area contributed by atoms with Crippen molar-refractivity contribution >= 4 is 34.3 Å². The molecule has 1 aliphatic rings. The lowest BCUT2D eigenvalue weighted by Gasteiger charge is -2.11. The number of carbonyl (C=O) groups is 1. The zero-order valence-electron chi connectivity index (χ0n) is 13.0. The molecule has 1 aliphatic carbocycles. The fourth-order valence-corrected chi connectivity index (χ4v) is 3.63. The lowest BCUT2D eigenvalue weighted by molar-refractivity contribution is 0.102. The first-order valence-corrected chi connectivity index (χ1v) is 9.03. The maximum atomic E-state index is 12.7. The third-order valence-electron chi connectivity index (χ3n) is 4.23. The molecule has 1 heterocycles. The van der Waals surface area contributed by atoms with Gasteiger partial charge in [0, 0.05) is 14.7 Å². The molecular formula is C19H16IN3O. The van der Waals surface area contributed by atoms with Crippen LogP contribution < -0.4 is 5.32 Å². The molecule has 0 aliphatic heterocycles. The van der Waals surface area contributed by atoms with E-state index in [4.69, 9.17) is 5.10 Å². The molecule has 1 aromatic heterocycles. The monoisotopic (exact) mass is 429 g/mol. The second kappa shape index (κ2) is 6.39. The maximum absolute atomic E-state index is 12.7. The van der Waals surface area contributed by atoms with Crippen LogP contribution in [0.1, 0.15) is 28.0 Å². The first-order chi connectivity index (χ1) is 11.7. The minimum absolute atomic E-state index is 0.0969. The summed E-state index contributed by atoms with van der Waals surface area (Å²) in [6, 6.07) is 17.5. The van der Waals surface area contributed by atoms with Crippen LogP contribution in [0.2, 0.25) is 0 Å². The SMILES string of the molecule is O=C(Nc1c2c(nn1-c1ccccc1)CCC2)c1cccc(I)c1. The van der Waals surface area contributed by atoms with Crippen LogP contribution in [0, 0.1) is 3.57 Å². The summed E-state index contributed by atoms with van der Waals surface area (Å²) >= 11 is 2.22. The van der Waals surface area contributed by atoms with Crippen molar-refractivity contribution in [2.75, 3.05) is 5.32 Å². The Bertz CT molecular complexity index is 902. The molecule has 3 aromatic rings. The molecule has 120 valence electrons. The van der Waals surface area contributed by atoms with E-state index in [-0.39, 0.29) is 5.91 Å². The van der Waals surface area contributed by atoms with E-state index in [9.17, 15) is 4.79 Å². The van der Waals surface area contributed by atoms with Gasteiger partial charge in [0.2, 0.25) is 0 Å². The van der Waals surface area contributed by atoms with Gasteiger partial charge in [-0.3, -0.25) is 4.79 Å². The predicted octanol–water partition coefficient (Wildman–Crippen LogP) is 4.22. The Hall–Kier alpha value is -2.15. The van der Waals surface area contributed by atoms with Crippen molar-refractivity contribution in [2.45, 2.75) is 19.3 Å². The van der Waals surface area contributed by atoms with Crippen LogP contribution in [-0.2, 0) is 12.8 Å². The Labute approximate surface area is 154 Å². The second-order valence-corrected chi connectivity index (χ2v) is 7.08. The lowest BCUT2D eigenvalue weighted by Crippen LogP contribution is -2.16. The van der Waals surface area contributed by atoms with Crippen molar-refractivity contribution in [3.8, 4) is 5.69 Å². The smallest absolute Gasteiger partial charge is 0.256 e. The van der Waals surface area contributed by atoms with E-state index in [0.717, 1.165) is 45.6 Å². The molecule has 0 radical (unpaired) electrons. The molecule has 24 heavy (non-hydrogen) atoms. The van der Waals surface area contributed by atoms with Gasteiger partial charge < -0.3 is 5.32 Å². The fraction of sp³-hybridized carbons (Fsp3) is 0.158. The summed E-state index contributed by atoms with van der Waals surface area (Å²) in [6.45, 7) is 0. The highest BCUT2D eigenvalue weighted by molar-refractivity contribution is 14.1. The summed E-state index contributed by atoms with van der Waals surface area (Å²) in [6.07, 6.45) is 3.03. The molecule has 0 spiro atoms. The Morgan fingerprint density at radius 3 is 2.71 bits per heavy atom. The van der Waals surface area contributed by atoms with Gasteiger partial charge in [-0.25, -0.2) is 4.68 Å². The highest BCUT2D eigenvalue weighted by Crippen LogP contribution is 2.31. The van der Waals surface area contributed by atoms with Crippen molar-refractivity contribution in [2.24, 2.45) is 0 Å². The average Bonchev–Trinajstić information content (AvgIpc) is 3.18. The summed E-state index contributed by atoms with van der Waals surface area (Å²) in [5.74, 6) is 0.706. The van der Waals surface area contributed by atoms with E-state index in [2.05, 4.69) is 27.9 Å². The third kappa shape index (κ3) is 2.84. The minimum atomic E-state index is -0.0969. The summed E-state index contributed by atoms with van der Waals surface area (Å²) < 4.78 is 2.90. The Morgan fingerprint density at radius 2 is 1.92 bits per heavy atom. The molecule has 0 unspecified atom stereocenters. The van der Waals surface area contributed by atoms with E-state index < -0.39 is 0 Å². The number of fused-ring (bicyclic) bond motifs is 1. The number of benzene rings is 2. The average molecular weight is 429 g/mol. The third-order valence-corrected chi connectivity index (χ3v) is 4.90. The van der Waals surface area contributed by atoms with Crippen LogP contribution in [0.5, 0.6) is 0 Å². The van der Waals surface area contributed by atoms with Crippen molar-refractivity contribution in [1.82, 2.24) is 9.78 Å². The van der Waals surface area contributed by atoms with Crippen molar-refractivity contribution < 1.29 is 4.79 Å². The Morgan fingerprint density at radius 1 is 1.08 bits per heavy atom. The minimum Gasteiger partial charge on any atom is -0.306 e. The van der Waals surface area contributed by atoms with E-state index in [0.29, 0.717) is 5.56 Å². The van der Waals surface area contributed by atoms with E-state index in [1.54, 1.807) is 0 Å². The molecule has 0 atom stereocenters. The number of aromatic nitrogens is 2. The second-order valence-electron chi connectivity index (χ2n) is 5.84. The van der Waals surface area contributed by atoms with Gasteiger partial charge in [0.05, 0.1) is 11.4 Å². The zero-order valence-corrected chi connectivity index (χ0v) is 15.2.